The van der Waals surface area contributed by atoms with Crippen LogP contribution in [-0.4, -0.2) is 38.3 Å². The Bertz CT molecular complexity index is 737. The quantitative estimate of drug-likeness (QED) is 0.760. The minimum Gasteiger partial charge on any atom is -0.330 e. The first kappa shape index (κ1) is 13.4. The molecule has 0 aliphatic carbocycles. The van der Waals surface area contributed by atoms with E-state index in [9.17, 15) is 0 Å². The van der Waals surface area contributed by atoms with Gasteiger partial charge in [0.25, 0.3) is 0 Å². The molecular formula is C14H17N7. The normalized spacial score (nSPS) is 11.0. The van der Waals surface area contributed by atoms with E-state index >= 15 is 0 Å². The van der Waals surface area contributed by atoms with Gasteiger partial charge in [0.15, 0.2) is 11.5 Å². The molecule has 2 N–H and O–H groups in total. The lowest BCUT2D eigenvalue weighted by atomic mass is 10.1. The number of rotatable bonds is 5. The number of aromatic nitrogens is 5. The second kappa shape index (κ2) is 5.84. The monoisotopic (exact) mass is 283 g/mol. The zero-order chi connectivity index (χ0) is 14.7. The standard InChI is InChI=1S/C14H17N7/c1-11-5-2-3-6-12(11)20(10-4-9-15)14-8-7-13-16-18-19-21(13)17-14/h2-3,5-8H,4,9-10,15H2,1H3. The molecule has 0 unspecified atom stereocenters. The number of fused-ring (bicyclic) bond motifs is 1. The van der Waals surface area contributed by atoms with E-state index in [1.807, 2.05) is 24.3 Å². The molecule has 21 heavy (non-hydrogen) atoms. The SMILES string of the molecule is Cc1ccccc1N(CCCN)c1ccc2nnnn2n1. The van der Waals surface area contributed by atoms with E-state index in [0.717, 1.165) is 24.5 Å². The maximum absolute atomic E-state index is 5.66. The molecule has 3 aromatic rings. The molecule has 0 atom stereocenters. The molecule has 2 heterocycles. The van der Waals surface area contributed by atoms with Crippen LogP contribution in [0, 0.1) is 6.92 Å². The summed E-state index contributed by atoms with van der Waals surface area (Å²) in [5, 5.41) is 15.8. The molecule has 7 nitrogen and oxygen atoms in total. The predicted molar refractivity (Wildman–Crippen MR) is 80.4 cm³/mol. The van der Waals surface area contributed by atoms with Crippen molar-refractivity contribution >= 4 is 17.2 Å². The molecular weight excluding hydrogens is 266 g/mol. The van der Waals surface area contributed by atoms with Gasteiger partial charge in [-0.05, 0) is 54.1 Å². The highest BCUT2D eigenvalue weighted by Gasteiger charge is 2.13. The van der Waals surface area contributed by atoms with Crippen LogP contribution in [0.15, 0.2) is 36.4 Å². The van der Waals surface area contributed by atoms with Crippen molar-refractivity contribution in [3.8, 4) is 0 Å². The lowest BCUT2D eigenvalue weighted by Gasteiger charge is -2.25. The summed E-state index contributed by atoms with van der Waals surface area (Å²) in [6.07, 6.45) is 0.879. The smallest absolute Gasteiger partial charge is 0.200 e. The Hall–Kier alpha value is -2.54. The van der Waals surface area contributed by atoms with Gasteiger partial charge in [-0.1, -0.05) is 18.2 Å². The van der Waals surface area contributed by atoms with Gasteiger partial charge in [0.2, 0.25) is 0 Å². The van der Waals surface area contributed by atoms with Crippen LogP contribution >= 0.6 is 0 Å². The number of benzene rings is 1. The van der Waals surface area contributed by atoms with Gasteiger partial charge < -0.3 is 10.6 Å². The van der Waals surface area contributed by atoms with Crippen molar-refractivity contribution in [2.24, 2.45) is 5.73 Å². The summed E-state index contributed by atoms with van der Waals surface area (Å²) >= 11 is 0. The van der Waals surface area contributed by atoms with Crippen molar-refractivity contribution in [2.75, 3.05) is 18.0 Å². The van der Waals surface area contributed by atoms with Gasteiger partial charge in [0.1, 0.15) is 0 Å². The third-order valence-corrected chi connectivity index (χ3v) is 3.32. The fourth-order valence-corrected chi connectivity index (χ4v) is 2.26. The molecule has 1 aromatic carbocycles. The summed E-state index contributed by atoms with van der Waals surface area (Å²) in [6.45, 7) is 3.51. The van der Waals surface area contributed by atoms with E-state index in [2.05, 4.69) is 44.6 Å². The number of para-hydroxylation sites is 1. The van der Waals surface area contributed by atoms with E-state index in [-0.39, 0.29) is 0 Å². The highest BCUT2D eigenvalue weighted by Crippen LogP contribution is 2.26. The third-order valence-electron chi connectivity index (χ3n) is 3.32. The minimum atomic E-state index is 0.627. The second-order valence-corrected chi connectivity index (χ2v) is 4.80. The highest BCUT2D eigenvalue weighted by atomic mass is 15.6. The molecule has 0 aliphatic heterocycles. The molecule has 7 heteroatoms. The number of aryl methyl sites for hydroxylation is 1. The first-order valence-electron chi connectivity index (χ1n) is 6.88. The second-order valence-electron chi connectivity index (χ2n) is 4.80. The summed E-state index contributed by atoms with van der Waals surface area (Å²) in [5.74, 6) is 0.803. The van der Waals surface area contributed by atoms with Crippen LogP contribution in [0.4, 0.5) is 11.5 Å². The van der Waals surface area contributed by atoms with Crippen LogP contribution in [0.25, 0.3) is 5.65 Å². The Morgan fingerprint density at radius 1 is 1.19 bits per heavy atom. The Kier molecular flexibility index (Phi) is 3.74. The summed E-state index contributed by atoms with van der Waals surface area (Å²) < 4.78 is 1.43. The van der Waals surface area contributed by atoms with Crippen LogP contribution < -0.4 is 10.6 Å². The molecule has 0 aliphatic rings. The van der Waals surface area contributed by atoms with Gasteiger partial charge in [-0.15, -0.1) is 14.8 Å². The molecule has 108 valence electrons. The van der Waals surface area contributed by atoms with Gasteiger partial charge in [0.05, 0.1) is 0 Å². The van der Waals surface area contributed by atoms with Crippen LogP contribution in [0.1, 0.15) is 12.0 Å². The van der Waals surface area contributed by atoms with E-state index in [4.69, 9.17) is 5.73 Å². The van der Waals surface area contributed by atoms with Gasteiger partial charge >= 0.3 is 0 Å². The van der Waals surface area contributed by atoms with Crippen molar-refractivity contribution in [1.82, 2.24) is 25.3 Å². The number of hydrogen-bond acceptors (Lipinski definition) is 6. The number of hydrogen-bond donors (Lipinski definition) is 1. The summed E-state index contributed by atoms with van der Waals surface area (Å²) in [5.41, 5.74) is 8.59. The molecule has 0 saturated heterocycles. The zero-order valence-electron chi connectivity index (χ0n) is 11.8. The molecule has 3 rings (SSSR count). The average molecular weight is 283 g/mol. The van der Waals surface area contributed by atoms with Crippen molar-refractivity contribution in [2.45, 2.75) is 13.3 Å². The largest absolute Gasteiger partial charge is 0.330 e. The maximum atomic E-state index is 5.66. The molecule has 0 bridgehead atoms. The molecule has 0 fully saturated rings. The van der Waals surface area contributed by atoms with E-state index in [0.29, 0.717) is 12.2 Å². The first-order chi connectivity index (χ1) is 10.3. The van der Waals surface area contributed by atoms with Crippen molar-refractivity contribution in [3.05, 3.63) is 42.0 Å². The minimum absolute atomic E-state index is 0.627. The fourth-order valence-electron chi connectivity index (χ4n) is 2.26. The van der Waals surface area contributed by atoms with Crippen LogP contribution in [0.3, 0.4) is 0 Å². The predicted octanol–water partition coefficient (Wildman–Crippen LogP) is 1.31. The Morgan fingerprint density at radius 2 is 2.05 bits per heavy atom. The molecule has 0 amide bonds. The molecule has 0 radical (unpaired) electrons. The first-order valence-corrected chi connectivity index (χ1v) is 6.88. The molecule has 0 saturated carbocycles. The third kappa shape index (κ3) is 2.68. The Morgan fingerprint density at radius 3 is 2.86 bits per heavy atom. The zero-order valence-corrected chi connectivity index (χ0v) is 11.8. The average Bonchev–Trinajstić information content (AvgIpc) is 2.97. The fraction of sp³-hybridized carbons (Fsp3) is 0.286. The van der Waals surface area contributed by atoms with Crippen molar-refractivity contribution in [3.63, 3.8) is 0 Å². The van der Waals surface area contributed by atoms with Gasteiger partial charge in [0, 0.05) is 12.2 Å². The van der Waals surface area contributed by atoms with Crippen molar-refractivity contribution < 1.29 is 0 Å². The molecule has 0 spiro atoms. The number of nitrogens with zero attached hydrogens (tertiary/aromatic N) is 6. The summed E-state index contributed by atoms with van der Waals surface area (Å²) in [7, 11) is 0. The summed E-state index contributed by atoms with van der Waals surface area (Å²) in [4.78, 5) is 2.14. The van der Waals surface area contributed by atoms with E-state index in [1.54, 1.807) is 0 Å². The van der Waals surface area contributed by atoms with E-state index < -0.39 is 0 Å². The number of nitrogens with two attached hydrogens (primary N) is 1. The molecule has 2 aromatic heterocycles. The van der Waals surface area contributed by atoms with Gasteiger partial charge in [-0.2, -0.15) is 0 Å². The highest BCUT2D eigenvalue weighted by molar-refractivity contribution is 5.64. The number of anilines is 2. The summed E-state index contributed by atoms with van der Waals surface area (Å²) in [6, 6.07) is 12.0. The van der Waals surface area contributed by atoms with Crippen molar-refractivity contribution in [1.29, 1.82) is 0 Å². The van der Waals surface area contributed by atoms with E-state index in [1.165, 1.54) is 10.2 Å². The van der Waals surface area contributed by atoms with Crippen LogP contribution in [0.5, 0.6) is 0 Å². The number of tetrazole rings is 1. The maximum Gasteiger partial charge on any atom is 0.200 e. The lowest BCUT2D eigenvalue weighted by molar-refractivity contribution is 0.719. The van der Waals surface area contributed by atoms with Gasteiger partial charge in [-0.3, -0.25) is 0 Å². The Labute approximate surface area is 122 Å². The lowest BCUT2D eigenvalue weighted by Crippen LogP contribution is -2.23. The topological polar surface area (TPSA) is 85.2 Å². The van der Waals surface area contributed by atoms with Gasteiger partial charge in [-0.25, -0.2) is 0 Å². The van der Waals surface area contributed by atoms with Crippen LogP contribution in [-0.2, 0) is 0 Å². The van der Waals surface area contributed by atoms with Crippen LogP contribution in [0.2, 0.25) is 0 Å². The Balaban J connectivity index is 2.03.